The lowest BCUT2D eigenvalue weighted by Crippen LogP contribution is -3.12. The number of anilines is 1. The Morgan fingerprint density at radius 1 is 1.41 bits per heavy atom. The number of thioether (sulfide) groups is 1. The number of likely N-dealkylation sites (N-methyl/N-ethyl adjacent to an activating group) is 1. The Labute approximate surface area is 150 Å². The molecule has 0 atom stereocenters. The van der Waals surface area contributed by atoms with E-state index in [0.717, 1.165) is 30.5 Å². The number of carbonyl (C=O) groups excluding carboxylic acids is 1. The summed E-state index contributed by atoms with van der Waals surface area (Å²) in [5.41, 5.74) is 0.522. The highest BCUT2D eigenvalue weighted by Crippen LogP contribution is 2.25. The van der Waals surface area contributed by atoms with Crippen molar-refractivity contribution in [3.05, 3.63) is 28.2 Å². The number of carbonyl (C=O) groups is 1. The number of benzene rings is 1. The predicted octanol–water partition coefficient (Wildman–Crippen LogP) is 1.78. The van der Waals surface area contributed by atoms with Crippen LogP contribution in [0.1, 0.15) is 0 Å². The molecule has 0 aromatic heterocycles. The maximum atomic E-state index is 12.0. The van der Waals surface area contributed by atoms with Crippen molar-refractivity contribution in [1.82, 2.24) is 4.90 Å². The first-order chi connectivity index (χ1) is 10.5. The quantitative estimate of drug-likeness (QED) is 0.786. The largest absolute Gasteiger partial charge is 0.346 e. The van der Waals surface area contributed by atoms with Crippen molar-refractivity contribution in [3.63, 3.8) is 0 Å². The molecular formula is C14H18Cl2N3OS2+. The number of hydrogen-bond acceptors (Lipinski definition) is 3. The summed E-state index contributed by atoms with van der Waals surface area (Å²) in [4.78, 5) is 15.7. The van der Waals surface area contributed by atoms with Gasteiger partial charge in [0.1, 0.15) is 4.32 Å². The van der Waals surface area contributed by atoms with Crippen molar-refractivity contribution in [3.8, 4) is 0 Å². The smallest absolute Gasteiger partial charge is 0.234 e. The summed E-state index contributed by atoms with van der Waals surface area (Å²) in [6.45, 7) is 4.04. The minimum absolute atomic E-state index is 0.142. The van der Waals surface area contributed by atoms with E-state index in [9.17, 15) is 4.79 Å². The SMILES string of the molecule is C[NH+]1CCN(C(=S)SCC(=O)Nc2cc(Cl)ccc2Cl)CC1. The second kappa shape index (κ2) is 8.36. The summed E-state index contributed by atoms with van der Waals surface area (Å²) in [6, 6.07) is 4.97. The maximum Gasteiger partial charge on any atom is 0.234 e. The number of piperazine rings is 1. The highest BCUT2D eigenvalue weighted by atomic mass is 35.5. The van der Waals surface area contributed by atoms with Crippen LogP contribution >= 0.6 is 47.2 Å². The molecule has 0 saturated carbocycles. The molecule has 1 saturated heterocycles. The number of quaternary nitrogens is 1. The summed E-state index contributed by atoms with van der Waals surface area (Å²) in [7, 11) is 2.18. The fourth-order valence-electron chi connectivity index (χ4n) is 2.07. The van der Waals surface area contributed by atoms with Gasteiger partial charge in [0, 0.05) is 5.02 Å². The molecule has 1 aromatic rings. The van der Waals surface area contributed by atoms with Crippen molar-refractivity contribution in [2.45, 2.75) is 0 Å². The first-order valence-corrected chi connectivity index (χ1v) is 9.08. The van der Waals surface area contributed by atoms with Crippen LogP contribution in [0.15, 0.2) is 18.2 Å². The lowest BCUT2D eigenvalue weighted by Gasteiger charge is -2.31. The van der Waals surface area contributed by atoms with Crippen LogP contribution in [0.5, 0.6) is 0 Å². The average molecular weight is 379 g/mol. The van der Waals surface area contributed by atoms with E-state index in [-0.39, 0.29) is 11.7 Å². The van der Waals surface area contributed by atoms with Crippen LogP contribution in [0.3, 0.4) is 0 Å². The van der Waals surface area contributed by atoms with Crippen molar-refractivity contribution in [2.75, 3.05) is 44.3 Å². The third kappa shape index (κ3) is 5.28. The van der Waals surface area contributed by atoms with E-state index in [2.05, 4.69) is 17.3 Å². The minimum atomic E-state index is -0.142. The number of thiocarbonyl (C=S) groups is 1. The van der Waals surface area contributed by atoms with Gasteiger partial charge in [0.05, 0.1) is 49.7 Å². The Bertz CT molecular complexity index is 563. The normalized spacial score (nSPS) is 15.7. The first kappa shape index (κ1) is 17.8. The summed E-state index contributed by atoms with van der Waals surface area (Å²) < 4.78 is 0.778. The van der Waals surface area contributed by atoms with E-state index < -0.39 is 0 Å². The fraction of sp³-hybridized carbons (Fsp3) is 0.429. The summed E-state index contributed by atoms with van der Waals surface area (Å²) in [5.74, 6) is 0.122. The van der Waals surface area contributed by atoms with Gasteiger partial charge in [-0.1, -0.05) is 47.2 Å². The van der Waals surface area contributed by atoms with Crippen LogP contribution in [-0.2, 0) is 4.79 Å². The Morgan fingerprint density at radius 3 is 2.77 bits per heavy atom. The molecule has 1 aliphatic heterocycles. The van der Waals surface area contributed by atoms with Gasteiger partial charge >= 0.3 is 0 Å². The third-order valence-corrected chi connectivity index (χ3v) is 5.49. The van der Waals surface area contributed by atoms with Gasteiger partial charge < -0.3 is 15.1 Å². The maximum absolute atomic E-state index is 12.0. The van der Waals surface area contributed by atoms with E-state index in [1.165, 1.54) is 16.7 Å². The van der Waals surface area contributed by atoms with Gasteiger partial charge in [-0.15, -0.1) is 0 Å². The van der Waals surface area contributed by atoms with E-state index in [4.69, 9.17) is 35.4 Å². The standard InChI is InChI=1S/C14H17Cl2N3OS2/c1-18-4-6-19(7-5-18)14(21)22-9-13(20)17-12-8-10(15)2-3-11(12)16/h2-3,8H,4-7,9H2,1H3,(H,17,20)/p+1. The molecule has 1 fully saturated rings. The molecule has 1 aromatic carbocycles. The lowest BCUT2D eigenvalue weighted by molar-refractivity contribution is -0.883. The molecule has 1 heterocycles. The molecule has 0 radical (unpaired) electrons. The van der Waals surface area contributed by atoms with Gasteiger partial charge in [0.25, 0.3) is 0 Å². The zero-order valence-corrected chi connectivity index (χ0v) is 15.3. The van der Waals surface area contributed by atoms with Crippen LogP contribution in [0.2, 0.25) is 10.0 Å². The summed E-state index contributed by atoms with van der Waals surface area (Å²) in [6.07, 6.45) is 0. The Morgan fingerprint density at radius 2 is 2.09 bits per heavy atom. The Kier molecular flexibility index (Phi) is 6.77. The van der Waals surface area contributed by atoms with E-state index >= 15 is 0 Å². The third-order valence-electron chi connectivity index (χ3n) is 3.40. The highest BCUT2D eigenvalue weighted by molar-refractivity contribution is 8.23. The molecule has 0 aliphatic carbocycles. The number of nitrogens with zero attached hydrogens (tertiary/aromatic N) is 1. The molecule has 0 spiro atoms. The van der Waals surface area contributed by atoms with Gasteiger partial charge in [-0.05, 0) is 18.2 Å². The fourth-order valence-corrected chi connectivity index (χ4v) is 3.46. The monoisotopic (exact) mass is 378 g/mol. The zero-order chi connectivity index (χ0) is 16.1. The first-order valence-electron chi connectivity index (χ1n) is 6.93. The molecule has 22 heavy (non-hydrogen) atoms. The van der Waals surface area contributed by atoms with Crippen molar-refractivity contribution in [2.24, 2.45) is 0 Å². The lowest BCUT2D eigenvalue weighted by atomic mass is 10.3. The molecule has 0 bridgehead atoms. The molecular weight excluding hydrogens is 361 g/mol. The van der Waals surface area contributed by atoms with E-state index in [0.29, 0.717) is 15.7 Å². The number of halogens is 2. The van der Waals surface area contributed by atoms with Gasteiger partial charge in [0.2, 0.25) is 5.91 Å². The van der Waals surface area contributed by atoms with Crippen LogP contribution in [-0.4, -0.2) is 54.1 Å². The molecule has 120 valence electrons. The van der Waals surface area contributed by atoms with Crippen molar-refractivity contribution < 1.29 is 9.69 Å². The van der Waals surface area contributed by atoms with Gasteiger partial charge in [-0.3, -0.25) is 4.79 Å². The summed E-state index contributed by atoms with van der Waals surface area (Å²) in [5, 5.41) is 3.75. The van der Waals surface area contributed by atoms with Crippen LogP contribution in [0.4, 0.5) is 5.69 Å². The number of amides is 1. The highest BCUT2D eigenvalue weighted by Gasteiger charge is 2.19. The van der Waals surface area contributed by atoms with Gasteiger partial charge in [0.15, 0.2) is 0 Å². The van der Waals surface area contributed by atoms with Crippen LogP contribution in [0.25, 0.3) is 0 Å². The Hall–Kier alpha value is -0.530. The summed E-state index contributed by atoms with van der Waals surface area (Å²) >= 11 is 18.7. The van der Waals surface area contributed by atoms with E-state index in [1.54, 1.807) is 18.2 Å². The second-order valence-corrected chi connectivity index (χ2v) is 7.62. The number of hydrogen-bond donors (Lipinski definition) is 2. The molecule has 2 rings (SSSR count). The van der Waals surface area contributed by atoms with Crippen molar-refractivity contribution >= 4 is 63.1 Å². The van der Waals surface area contributed by atoms with Gasteiger partial charge in [-0.2, -0.15) is 0 Å². The topological polar surface area (TPSA) is 36.8 Å². The molecule has 1 amide bonds. The predicted molar refractivity (Wildman–Crippen MR) is 98.3 cm³/mol. The second-order valence-electron chi connectivity index (χ2n) is 5.17. The molecule has 4 nitrogen and oxygen atoms in total. The number of nitrogens with one attached hydrogen (secondary N) is 2. The van der Waals surface area contributed by atoms with Crippen LogP contribution in [0, 0.1) is 0 Å². The van der Waals surface area contributed by atoms with Crippen molar-refractivity contribution in [1.29, 1.82) is 0 Å². The van der Waals surface area contributed by atoms with Crippen LogP contribution < -0.4 is 10.2 Å². The minimum Gasteiger partial charge on any atom is -0.346 e. The van der Waals surface area contributed by atoms with Gasteiger partial charge in [-0.25, -0.2) is 0 Å². The average Bonchev–Trinajstić information content (AvgIpc) is 2.49. The van der Waals surface area contributed by atoms with E-state index in [1.807, 2.05) is 0 Å². The molecule has 0 unspecified atom stereocenters. The Balaban J connectivity index is 1.80. The molecule has 1 aliphatic rings. The molecule has 2 N–H and O–H groups in total. The molecule has 8 heteroatoms. The zero-order valence-electron chi connectivity index (χ0n) is 12.2. The number of rotatable bonds is 3.